The van der Waals surface area contributed by atoms with Gasteiger partial charge in [0.15, 0.2) is 0 Å². The van der Waals surface area contributed by atoms with E-state index >= 15 is 0 Å². The molecule has 0 saturated heterocycles. The van der Waals surface area contributed by atoms with Crippen LogP contribution in [0.4, 0.5) is 0 Å². The van der Waals surface area contributed by atoms with Crippen LogP contribution in [0.3, 0.4) is 0 Å². The van der Waals surface area contributed by atoms with Crippen molar-refractivity contribution in [3.8, 4) is 0 Å². The van der Waals surface area contributed by atoms with Crippen LogP contribution in [0.5, 0.6) is 0 Å². The Labute approximate surface area is 92.0 Å². The van der Waals surface area contributed by atoms with Crippen LogP contribution in [0.25, 0.3) is 0 Å². The van der Waals surface area contributed by atoms with Crippen molar-refractivity contribution in [2.45, 2.75) is 45.2 Å². The van der Waals surface area contributed by atoms with E-state index in [4.69, 9.17) is 5.73 Å². The first-order chi connectivity index (χ1) is 6.91. The van der Waals surface area contributed by atoms with Crippen molar-refractivity contribution in [3.63, 3.8) is 0 Å². The van der Waals surface area contributed by atoms with Gasteiger partial charge in [-0.15, -0.1) is 0 Å². The summed E-state index contributed by atoms with van der Waals surface area (Å²) in [5, 5.41) is 0. The molecule has 4 N–H and O–H groups in total. The van der Waals surface area contributed by atoms with E-state index in [-0.39, 0.29) is 12.1 Å². The van der Waals surface area contributed by atoms with E-state index in [0.717, 1.165) is 19.3 Å². The molecule has 0 heterocycles. The normalized spacial score (nSPS) is 27.5. The smallest absolute Gasteiger partial charge is 0.277 e. The Hall–Kier alpha value is -0.170. The molecular formula is C9H21N3O2S. The van der Waals surface area contributed by atoms with Gasteiger partial charge in [-0.1, -0.05) is 20.3 Å². The fourth-order valence-electron chi connectivity index (χ4n) is 1.65. The van der Waals surface area contributed by atoms with Crippen molar-refractivity contribution < 1.29 is 8.42 Å². The summed E-state index contributed by atoms with van der Waals surface area (Å²) in [5.41, 5.74) is 5.79. The molecule has 2 unspecified atom stereocenters. The van der Waals surface area contributed by atoms with Crippen molar-refractivity contribution in [1.29, 1.82) is 0 Å². The SMILES string of the molecule is CC(C)CNS(=O)(=O)NC1CCCC1N. The Morgan fingerprint density at radius 3 is 2.53 bits per heavy atom. The van der Waals surface area contributed by atoms with E-state index in [9.17, 15) is 8.42 Å². The molecule has 0 aliphatic heterocycles. The molecule has 0 aromatic rings. The van der Waals surface area contributed by atoms with Gasteiger partial charge in [0, 0.05) is 18.6 Å². The number of hydrogen-bond acceptors (Lipinski definition) is 3. The standard InChI is InChI=1S/C9H21N3O2S/c1-7(2)6-11-15(13,14)12-9-5-3-4-8(9)10/h7-9,11-12H,3-6,10H2,1-2H3. The summed E-state index contributed by atoms with van der Waals surface area (Å²) in [6.45, 7) is 4.38. The van der Waals surface area contributed by atoms with Gasteiger partial charge < -0.3 is 5.73 Å². The molecule has 0 aromatic heterocycles. The summed E-state index contributed by atoms with van der Waals surface area (Å²) in [5.74, 6) is 0.304. The third-order valence-electron chi connectivity index (χ3n) is 2.56. The number of nitrogens with two attached hydrogens (primary N) is 1. The summed E-state index contributed by atoms with van der Waals surface area (Å²) in [6.07, 6.45) is 2.74. The second-order valence-corrected chi connectivity index (χ2v) is 6.10. The molecule has 1 fully saturated rings. The highest BCUT2D eigenvalue weighted by Gasteiger charge is 2.27. The second-order valence-electron chi connectivity index (χ2n) is 4.56. The molecular weight excluding hydrogens is 214 g/mol. The first-order valence-electron chi connectivity index (χ1n) is 5.43. The van der Waals surface area contributed by atoms with Gasteiger partial charge in [-0.05, 0) is 18.8 Å². The molecule has 1 saturated carbocycles. The molecule has 90 valence electrons. The van der Waals surface area contributed by atoms with Crippen LogP contribution in [-0.2, 0) is 10.2 Å². The fourth-order valence-corrected chi connectivity index (χ4v) is 2.98. The molecule has 0 amide bonds. The maximum Gasteiger partial charge on any atom is 0.277 e. The lowest BCUT2D eigenvalue weighted by Crippen LogP contribution is -2.48. The van der Waals surface area contributed by atoms with Gasteiger partial charge in [0.1, 0.15) is 0 Å². The molecule has 2 atom stereocenters. The highest BCUT2D eigenvalue weighted by atomic mass is 32.2. The summed E-state index contributed by atoms with van der Waals surface area (Å²) < 4.78 is 28.2. The van der Waals surface area contributed by atoms with Crippen LogP contribution in [-0.4, -0.2) is 27.0 Å². The predicted octanol–water partition coefficient (Wildman–Crippen LogP) is -0.0538. The van der Waals surface area contributed by atoms with E-state index < -0.39 is 10.2 Å². The Morgan fingerprint density at radius 1 is 1.40 bits per heavy atom. The van der Waals surface area contributed by atoms with Crippen LogP contribution in [0.1, 0.15) is 33.1 Å². The zero-order valence-electron chi connectivity index (χ0n) is 9.36. The maximum atomic E-state index is 11.6. The van der Waals surface area contributed by atoms with Crippen molar-refractivity contribution in [1.82, 2.24) is 9.44 Å². The summed E-state index contributed by atoms with van der Waals surface area (Å²) in [4.78, 5) is 0. The highest BCUT2D eigenvalue weighted by molar-refractivity contribution is 7.87. The van der Waals surface area contributed by atoms with Crippen molar-refractivity contribution in [2.24, 2.45) is 11.7 Å². The van der Waals surface area contributed by atoms with Crippen LogP contribution in [0.2, 0.25) is 0 Å². The van der Waals surface area contributed by atoms with Gasteiger partial charge in [0.25, 0.3) is 10.2 Å². The minimum Gasteiger partial charge on any atom is -0.326 e. The van der Waals surface area contributed by atoms with Gasteiger partial charge in [0.2, 0.25) is 0 Å². The fraction of sp³-hybridized carbons (Fsp3) is 1.00. The number of rotatable bonds is 5. The molecule has 15 heavy (non-hydrogen) atoms. The largest absolute Gasteiger partial charge is 0.326 e. The molecule has 0 radical (unpaired) electrons. The third-order valence-corrected chi connectivity index (χ3v) is 3.72. The highest BCUT2D eigenvalue weighted by Crippen LogP contribution is 2.17. The zero-order chi connectivity index (χ0) is 11.5. The lowest BCUT2D eigenvalue weighted by molar-refractivity contribution is 0.505. The zero-order valence-corrected chi connectivity index (χ0v) is 10.2. The molecule has 1 aliphatic carbocycles. The minimum absolute atomic E-state index is 0.0411. The van der Waals surface area contributed by atoms with Gasteiger partial charge in [-0.3, -0.25) is 0 Å². The van der Waals surface area contributed by atoms with E-state index in [1.807, 2.05) is 13.8 Å². The van der Waals surface area contributed by atoms with E-state index in [1.54, 1.807) is 0 Å². The van der Waals surface area contributed by atoms with E-state index in [0.29, 0.717) is 12.5 Å². The van der Waals surface area contributed by atoms with Crippen molar-refractivity contribution >= 4 is 10.2 Å². The van der Waals surface area contributed by atoms with Crippen molar-refractivity contribution in [2.75, 3.05) is 6.54 Å². The molecule has 0 aromatic carbocycles. The Morgan fingerprint density at radius 2 is 2.07 bits per heavy atom. The second kappa shape index (κ2) is 5.25. The molecule has 1 rings (SSSR count). The van der Waals surface area contributed by atoms with Crippen LogP contribution < -0.4 is 15.2 Å². The average molecular weight is 235 g/mol. The minimum atomic E-state index is -3.37. The number of nitrogens with one attached hydrogen (secondary N) is 2. The summed E-state index contributed by atoms with van der Waals surface area (Å²) in [6, 6.07) is -0.143. The van der Waals surface area contributed by atoms with Gasteiger partial charge >= 0.3 is 0 Å². The predicted molar refractivity (Wildman–Crippen MR) is 60.5 cm³/mol. The van der Waals surface area contributed by atoms with Crippen LogP contribution in [0, 0.1) is 5.92 Å². The molecule has 5 nitrogen and oxygen atoms in total. The maximum absolute atomic E-state index is 11.6. The molecule has 1 aliphatic rings. The van der Waals surface area contributed by atoms with Crippen LogP contribution in [0.15, 0.2) is 0 Å². The topological polar surface area (TPSA) is 84.2 Å². The van der Waals surface area contributed by atoms with Gasteiger partial charge in [-0.2, -0.15) is 13.1 Å². The monoisotopic (exact) mass is 235 g/mol. The summed E-state index contributed by atoms with van der Waals surface area (Å²) in [7, 11) is -3.37. The average Bonchev–Trinajstić information content (AvgIpc) is 2.48. The molecule has 6 heteroatoms. The number of hydrogen-bond donors (Lipinski definition) is 3. The van der Waals surface area contributed by atoms with Crippen LogP contribution >= 0.6 is 0 Å². The first-order valence-corrected chi connectivity index (χ1v) is 6.91. The van der Waals surface area contributed by atoms with Gasteiger partial charge in [-0.25, -0.2) is 4.72 Å². The quantitative estimate of drug-likeness (QED) is 0.624. The first kappa shape index (κ1) is 12.9. The summed E-state index contributed by atoms with van der Waals surface area (Å²) >= 11 is 0. The van der Waals surface area contributed by atoms with E-state index in [2.05, 4.69) is 9.44 Å². The van der Waals surface area contributed by atoms with E-state index in [1.165, 1.54) is 0 Å². The Bertz CT molecular complexity index is 290. The Kier molecular flexibility index (Phi) is 4.51. The van der Waals surface area contributed by atoms with Crippen molar-refractivity contribution in [3.05, 3.63) is 0 Å². The lowest BCUT2D eigenvalue weighted by atomic mass is 10.2. The third kappa shape index (κ3) is 4.46. The molecule has 0 spiro atoms. The Balaban J connectivity index is 2.41. The van der Waals surface area contributed by atoms with Gasteiger partial charge in [0.05, 0.1) is 0 Å². The lowest BCUT2D eigenvalue weighted by Gasteiger charge is -2.18. The molecule has 0 bridgehead atoms.